The predicted molar refractivity (Wildman–Crippen MR) is 81.2 cm³/mol. The first-order valence-electron chi connectivity index (χ1n) is 6.44. The molecular weight excluding hydrogens is 276 g/mol. The van der Waals surface area contributed by atoms with Crippen LogP contribution in [0.5, 0.6) is 0 Å². The van der Waals surface area contributed by atoms with Crippen molar-refractivity contribution in [2.45, 2.75) is 18.8 Å². The number of nitrogens with zero attached hydrogens (tertiary/aromatic N) is 1. The number of piperidine rings is 1. The summed E-state index contributed by atoms with van der Waals surface area (Å²) >= 11 is 3.31. The fourth-order valence-corrected chi connectivity index (χ4v) is 3.81. The summed E-state index contributed by atoms with van der Waals surface area (Å²) < 4.78 is 0. The number of anilines is 1. The fraction of sp³-hybridized carbons (Fsp3) is 0.357. The number of nitrogens with one attached hydrogen (secondary N) is 1. The highest BCUT2D eigenvalue weighted by molar-refractivity contribution is 7.14. The van der Waals surface area contributed by atoms with Crippen LogP contribution in [0.1, 0.15) is 24.3 Å². The summed E-state index contributed by atoms with van der Waals surface area (Å²) in [4.78, 5) is 14.0. The topological polar surface area (TPSA) is 32.3 Å². The van der Waals surface area contributed by atoms with Gasteiger partial charge in [0.05, 0.1) is 5.00 Å². The van der Waals surface area contributed by atoms with Gasteiger partial charge in [-0.15, -0.1) is 11.3 Å². The molecule has 19 heavy (non-hydrogen) atoms. The van der Waals surface area contributed by atoms with E-state index in [4.69, 9.17) is 0 Å². The Morgan fingerprint density at radius 3 is 2.74 bits per heavy atom. The molecule has 3 heterocycles. The molecule has 0 unspecified atom stereocenters. The molecule has 1 N–H and O–H groups in total. The van der Waals surface area contributed by atoms with Crippen LogP contribution in [0.4, 0.5) is 9.80 Å². The summed E-state index contributed by atoms with van der Waals surface area (Å²) in [5.41, 5.74) is 1.43. The van der Waals surface area contributed by atoms with Crippen LogP contribution in [-0.2, 0) is 0 Å². The summed E-state index contributed by atoms with van der Waals surface area (Å²) in [6.07, 6.45) is 2.13. The lowest BCUT2D eigenvalue weighted by molar-refractivity contribution is 0.194. The normalized spacial score (nSPS) is 16.5. The van der Waals surface area contributed by atoms with Crippen molar-refractivity contribution in [2.75, 3.05) is 18.4 Å². The number of amides is 2. The Balaban J connectivity index is 1.54. The van der Waals surface area contributed by atoms with Crippen molar-refractivity contribution >= 4 is 33.7 Å². The maximum atomic E-state index is 12.1. The van der Waals surface area contributed by atoms with Crippen molar-refractivity contribution in [1.29, 1.82) is 0 Å². The molecule has 2 amide bonds. The van der Waals surface area contributed by atoms with Crippen molar-refractivity contribution in [2.24, 2.45) is 0 Å². The Morgan fingerprint density at radius 2 is 2.11 bits per heavy atom. The van der Waals surface area contributed by atoms with E-state index in [-0.39, 0.29) is 6.03 Å². The number of likely N-dealkylation sites (tertiary alicyclic amines) is 1. The lowest BCUT2D eigenvalue weighted by atomic mass is 9.91. The second-order valence-electron chi connectivity index (χ2n) is 4.73. The van der Waals surface area contributed by atoms with E-state index in [1.165, 1.54) is 5.56 Å². The van der Waals surface area contributed by atoms with Crippen molar-refractivity contribution in [3.63, 3.8) is 0 Å². The van der Waals surface area contributed by atoms with Crippen LogP contribution >= 0.6 is 22.7 Å². The van der Waals surface area contributed by atoms with Crippen molar-refractivity contribution in [3.8, 4) is 0 Å². The number of carbonyl (C=O) groups excluding carboxylic acids is 1. The molecule has 0 atom stereocenters. The van der Waals surface area contributed by atoms with E-state index >= 15 is 0 Å². The lowest BCUT2D eigenvalue weighted by Gasteiger charge is -2.31. The maximum absolute atomic E-state index is 12.1. The second kappa shape index (κ2) is 5.75. The number of rotatable bonds is 2. The fourth-order valence-electron chi connectivity index (χ4n) is 2.46. The molecule has 0 aliphatic carbocycles. The van der Waals surface area contributed by atoms with Gasteiger partial charge in [-0.3, -0.25) is 5.32 Å². The standard InChI is InChI=1S/C14H16N2OS2/c17-14(15-13-2-1-8-19-13)16-6-3-11(4-7-16)12-5-9-18-10-12/h1-2,5,8-11H,3-4,6-7H2,(H,15,17). The number of urea groups is 1. The van der Waals surface area contributed by atoms with Gasteiger partial charge in [-0.2, -0.15) is 11.3 Å². The SMILES string of the molecule is O=C(Nc1cccs1)N1CCC(c2ccsc2)CC1. The van der Waals surface area contributed by atoms with Crippen molar-refractivity contribution < 1.29 is 4.79 Å². The van der Waals surface area contributed by atoms with E-state index in [9.17, 15) is 4.79 Å². The predicted octanol–water partition coefficient (Wildman–Crippen LogP) is 4.22. The zero-order valence-corrected chi connectivity index (χ0v) is 12.2. The molecular formula is C14H16N2OS2. The van der Waals surface area contributed by atoms with Gasteiger partial charge < -0.3 is 4.90 Å². The molecule has 0 saturated carbocycles. The Labute approximate surface area is 120 Å². The van der Waals surface area contributed by atoms with Gasteiger partial charge in [-0.25, -0.2) is 4.79 Å². The quantitative estimate of drug-likeness (QED) is 0.883. The third kappa shape index (κ3) is 2.98. The van der Waals surface area contributed by atoms with Gasteiger partial charge in [-0.05, 0) is 58.7 Å². The minimum absolute atomic E-state index is 0.0335. The third-order valence-electron chi connectivity index (χ3n) is 3.55. The molecule has 1 aliphatic heterocycles. The summed E-state index contributed by atoms with van der Waals surface area (Å²) in [6.45, 7) is 1.69. The maximum Gasteiger partial charge on any atom is 0.322 e. The first-order chi connectivity index (χ1) is 9.33. The van der Waals surface area contributed by atoms with Gasteiger partial charge in [-0.1, -0.05) is 0 Å². The molecule has 0 spiro atoms. The molecule has 1 aliphatic rings. The van der Waals surface area contributed by atoms with Gasteiger partial charge in [0, 0.05) is 13.1 Å². The number of hydrogen-bond donors (Lipinski definition) is 1. The Kier molecular flexibility index (Phi) is 3.84. The second-order valence-corrected chi connectivity index (χ2v) is 6.45. The average molecular weight is 292 g/mol. The van der Waals surface area contributed by atoms with Crippen LogP contribution in [0.15, 0.2) is 34.3 Å². The van der Waals surface area contributed by atoms with Gasteiger partial charge in [0.2, 0.25) is 0 Å². The van der Waals surface area contributed by atoms with E-state index in [1.54, 1.807) is 22.7 Å². The van der Waals surface area contributed by atoms with Gasteiger partial charge in [0.1, 0.15) is 0 Å². The first kappa shape index (κ1) is 12.7. The average Bonchev–Trinajstić information content (AvgIpc) is 3.12. The van der Waals surface area contributed by atoms with Gasteiger partial charge >= 0.3 is 6.03 Å². The minimum Gasteiger partial charge on any atom is -0.324 e. The van der Waals surface area contributed by atoms with Gasteiger partial charge in [0.25, 0.3) is 0 Å². The zero-order chi connectivity index (χ0) is 13.1. The lowest BCUT2D eigenvalue weighted by Crippen LogP contribution is -2.40. The van der Waals surface area contributed by atoms with Crippen molar-refractivity contribution in [3.05, 3.63) is 39.9 Å². The molecule has 0 aromatic carbocycles. The number of thiophene rings is 2. The molecule has 0 radical (unpaired) electrons. The highest BCUT2D eigenvalue weighted by Crippen LogP contribution is 2.29. The highest BCUT2D eigenvalue weighted by atomic mass is 32.1. The summed E-state index contributed by atoms with van der Waals surface area (Å²) in [5.74, 6) is 0.622. The smallest absolute Gasteiger partial charge is 0.322 e. The van der Waals surface area contributed by atoms with Crippen LogP contribution in [0.3, 0.4) is 0 Å². The Bertz CT molecular complexity index is 514. The largest absolute Gasteiger partial charge is 0.324 e. The summed E-state index contributed by atoms with van der Waals surface area (Å²) in [5, 5.41) is 10.2. The molecule has 1 fully saturated rings. The minimum atomic E-state index is 0.0335. The molecule has 2 aromatic heterocycles. The molecule has 0 bridgehead atoms. The van der Waals surface area contributed by atoms with Crippen molar-refractivity contribution in [1.82, 2.24) is 4.90 Å². The number of carbonyl (C=O) groups is 1. The summed E-state index contributed by atoms with van der Waals surface area (Å²) in [7, 11) is 0. The van der Waals surface area contributed by atoms with Crippen LogP contribution in [-0.4, -0.2) is 24.0 Å². The van der Waals surface area contributed by atoms with E-state index in [1.807, 2.05) is 22.4 Å². The van der Waals surface area contributed by atoms with E-state index in [0.717, 1.165) is 30.9 Å². The van der Waals surface area contributed by atoms with E-state index in [0.29, 0.717) is 5.92 Å². The van der Waals surface area contributed by atoms with Gasteiger partial charge in [0.15, 0.2) is 0 Å². The molecule has 100 valence electrons. The first-order valence-corrected chi connectivity index (χ1v) is 8.27. The third-order valence-corrected chi connectivity index (χ3v) is 5.03. The zero-order valence-electron chi connectivity index (χ0n) is 10.5. The number of hydrogen-bond acceptors (Lipinski definition) is 3. The van der Waals surface area contributed by atoms with Crippen LogP contribution < -0.4 is 5.32 Å². The molecule has 3 nitrogen and oxygen atoms in total. The Hall–Kier alpha value is -1.33. The molecule has 5 heteroatoms. The van der Waals surface area contributed by atoms with Crippen LogP contribution in [0.25, 0.3) is 0 Å². The van der Waals surface area contributed by atoms with E-state index in [2.05, 4.69) is 22.1 Å². The highest BCUT2D eigenvalue weighted by Gasteiger charge is 2.24. The monoisotopic (exact) mass is 292 g/mol. The Morgan fingerprint density at radius 1 is 1.26 bits per heavy atom. The van der Waals surface area contributed by atoms with E-state index < -0.39 is 0 Å². The molecule has 2 aromatic rings. The summed E-state index contributed by atoms with van der Waals surface area (Å²) in [6, 6.07) is 6.12. The molecule has 1 saturated heterocycles. The van der Waals surface area contributed by atoms with Crippen LogP contribution in [0.2, 0.25) is 0 Å². The van der Waals surface area contributed by atoms with Crippen LogP contribution in [0, 0.1) is 0 Å². The molecule has 3 rings (SSSR count).